The van der Waals surface area contributed by atoms with Crippen LogP contribution in [0.1, 0.15) is 0 Å². The molecule has 0 aliphatic carbocycles. The Bertz CT molecular complexity index is 982. The van der Waals surface area contributed by atoms with Crippen LogP contribution in [0, 0.1) is 15.9 Å². The largest absolute Gasteiger partial charge is 0.330 e. The number of carbonyl (C=O) groups is 1. The number of aromatic nitrogens is 2. The summed E-state index contributed by atoms with van der Waals surface area (Å²) in [5.74, 6) is -0.754. The molecule has 0 aliphatic heterocycles. The summed E-state index contributed by atoms with van der Waals surface area (Å²) in [6.45, 7) is 0. The maximum atomic E-state index is 13.2. The van der Waals surface area contributed by atoms with E-state index in [9.17, 15) is 19.3 Å². The van der Waals surface area contributed by atoms with Crippen molar-refractivity contribution >= 4 is 51.2 Å². The first-order valence-corrected chi connectivity index (χ1v) is 9.33. The third-order valence-electron chi connectivity index (χ3n) is 3.18. The summed E-state index contributed by atoms with van der Waals surface area (Å²) in [6.07, 6.45) is 0. The van der Waals surface area contributed by atoms with Crippen LogP contribution in [0.25, 0.3) is 0 Å². The second-order valence-electron chi connectivity index (χ2n) is 5.12. The molecule has 2 N–H and O–H groups in total. The van der Waals surface area contributed by atoms with Gasteiger partial charge >= 0.3 is 0 Å². The van der Waals surface area contributed by atoms with Crippen LogP contribution in [-0.4, -0.2) is 26.8 Å². The third-order valence-corrected chi connectivity index (χ3v) is 5.16. The van der Waals surface area contributed by atoms with Gasteiger partial charge in [0, 0.05) is 11.8 Å². The van der Waals surface area contributed by atoms with Crippen LogP contribution < -0.4 is 10.6 Å². The standard InChI is InChI=1S/C16H12FN5O3S2/c17-10-4-3-5-11(8-10)18-15-20-21-16(27-15)26-9-14(23)19-12-6-1-2-7-13(12)22(24)25/h1-8H,9H2,(H,18,20)(H,19,23). The lowest BCUT2D eigenvalue weighted by Gasteiger charge is -2.04. The minimum absolute atomic E-state index is 0.0145. The first kappa shape index (κ1) is 18.7. The summed E-state index contributed by atoms with van der Waals surface area (Å²) in [5.41, 5.74) is 0.504. The van der Waals surface area contributed by atoms with Crippen molar-refractivity contribution in [3.63, 3.8) is 0 Å². The van der Waals surface area contributed by atoms with E-state index in [1.165, 1.54) is 41.7 Å². The van der Waals surface area contributed by atoms with E-state index in [4.69, 9.17) is 0 Å². The molecule has 0 saturated carbocycles. The smallest absolute Gasteiger partial charge is 0.292 e. The molecule has 1 amide bonds. The average Bonchev–Trinajstić information content (AvgIpc) is 3.08. The van der Waals surface area contributed by atoms with Crippen molar-refractivity contribution in [2.75, 3.05) is 16.4 Å². The zero-order valence-corrected chi connectivity index (χ0v) is 15.2. The Morgan fingerprint density at radius 1 is 1.22 bits per heavy atom. The molecule has 3 aromatic rings. The average molecular weight is 405 g/mol. The fraction of sp³-hybridized carbons (Fsp3) is 0.0625. The number of hydrogen-bond donors (Lipinski definition) is 2. The Labute approximate surface area is 161 Å². The fourth-order valence-corrected chi connectivity index (χ4v) is 3.63. The monoisotopic (exact) mass is 405 g/mol. The molecule has 0 bridgehead atoms. The van der Waals surface area contributed by atoms with Gasteiger partial charge in [-0.25, -0.2) is 4.39 Å². The van der Waals surface area contributed by atoms with Gasteiger partial charge in [-0.05, 0) is 24.3 Å². The van der Waals surface area contributed by atoms with Gasteiger partial charge in [0.05, 0.1) is 10.7 Å². The molecule has 0 atom stereocenters. The highest BCUT2D eigenvalue weighted by Crippen LogP contribution is 2.28. The summed E-state index contributed by atoms with van der Waals surface area (Å²) in [5, 5.41) is 24.7. The minimum atomic E-state index is -0.558. The number of hydrogen-bond acceptors (Lipinski definition) is 8. The highest BCUT2D eigenvalue weighted by atomic mass is 32.2. The van der Waals surface area contributed by atoms with E-state index >= 15 is 0 Å². The highest BCUT2D eigenvalue weighted by Gasteiger charge is 2.15. The Kier molecular flexibility index (Phi) is 5.94. The van der Waals surface area contributed by atoms with Gasteiger partial charge in [0.25, 0.3) is 5.69 Å². The van der Waals surface area contributed by atoms with Crippen molar-refractivity contribution in [3.05, 3.63) is 64.5 Å². The fourth-order valence-electron chi connectivity index (χ4n) is 2.06. The molecular weight excluding hydrogens is 393 g/mol. The van der Waals surface area contributed by atoms with Crippen molar-refractivity contribution < 1.29 is 14.1 Å². The lowest BCUT2D eigenvalue weighted by molar-refractivity contribution is -0.383. The van der Waals surface area contributed by atoms with Crippen LogP contribution >= 0.6 is 23.1 Å². The predicted octanol–water partition coefficient (Wildman–Crippen LogP) is 4.06. The zero-order valence-electron chi connectivity index (χ0n) is 13.6. The molecule has 0 aliphatic rings. The molecule has 27 heavy (non-hydrogen) atoms. The first-order chi connectivity index (χ1) is 13.0. The van der Waals surface area contributed by atoms with Crippen molar-refractivity contribution in [3.8, 4) is 0 Å². The highest BCUT2D eigenvalue weighted by molar-refractivity contribution is 8.01. The second kappa shape index (κ2) is 8.56. The van der Waals surface area contributed by atoms with Crippen LogP contribution in [0.15, 0.2) is 52.9 Å². The van der Waals surface area contributed by atoms with Gasteiger partial charge in [-0.2, -0.15) is 0 Å². The number of anilines is 3. The van der Waals surface area contributed by atoms with Crippen molar-refractivity contribution in [1.82, 2.24) is 10.2 Å². The van der Waals surface area contributed by atoms with Crippen LogP contribution in [-0.2, 0) is 4.79 Å². The van der Waals surface area contributed by atoms with Crippen molar-refractivity contribution in [1.29, 1.82) is 0 Å². The van der Waals surface area contributed by atoms with Gasteiger partial charge in [-0.3, -0.25) is 14.9 Å². The maximum absolute atomic E-state index is 13.2. The number of thioether (sulfide) groups is 1. The summed E-state index contributed by atoms with van der Waals surface area (Å²) >= 11 is 2.35. The van der Waals surface area contributed by atoms with Gasteiger partial charge in [0.2, 0.25) is 11.0 Å². The number of para-hydroxylation sites is 2. The van der Waals surface area contributed by atoms with E-state index in [2.05, 4.69) is 20.8 Å². The maximum Gasteiger partial charge on any atom is 0.292 e. The summed E-state index contributed by atoms with van der Waals surface area (Å²) < 4.78 is 13.7. The molecule has 0 saturated heterocycles. The van der Waals surface area contributed by atoms with Crippen LogP contribution in [0.4, 0.5) is 26.6 Å². The van der Waals surface area contributed by atoms with E-state index in [1.54, 1.807) is 18.2 Å². The number of rotatable bonds is 7. The predicted molar refractivity (Wildman–Crippen MR) is 102 cm³/mol. The number of benzene rings is 2. The van der Waals surface area contributed by atoms with E-state index in [0.29, 0.717) is 15.2 Å². The van der Waals surface area contributed by atoms with E-state index in [1.807, 2.05) is 0 Å². The molecule has 2 aromatic carbocycles. The Morgan fingerprint density at radius 2 is 2.04 bits per heavy atom. The van der Waals surface area contributed by atoms with Crippen molar-refractivity contribution in [2.45, 2.75) is 4.34 Å². The lowest BCUT2D eigenvalue weighted by Crippen LogP contribution is -2.15. The van der Waals surface area contributed by atoms with Gasteiger partial charge < -0.3 is 10.6 Å². The Balaban J connectivity index is 1.55. The molecule has 11 heteroatoms. The molecule has 0 radical (unpaired) electrons. The van der Waals surface area contributed by atoms with Crippen molar-refractivity contribution in [2.24, 2.45) is 0 Å². The molecule has 1 aromatic heterocycles. The number of nitro benzene ring substituents is 1. The Hall–Kier alpha value is -3.05. The van der Waals surface area contributed by atoms with Crippen LogP contribution in [0.3, 0.4) is 0 Å². The molecule has 3 rings (SSSR count). The van der Waals surface area contributed by atoms with Gasteiger partial charge in [0.15, 0.2) is 4.34 Å². The minimum Gasteiger partial charge on any atom is -0.330 e. The van der Waals surface area contributed by atoms with E-state index < -0.39 is 10.8 Å². The van der Waals surface area contributed by atoms with Gasteiger partial charge in [-0.1, -0.05) is 41.3 Å². The quantitative estimate of drug-likeness (QED) is 0.346. The number of nitro groups is 1. The normalized spacial score (nSPS) is 10.4. The van der Waals surface area contributed by atoms with E-state index in [-0.39, 0.29) is 22.9 Å². The molecule has 1 heterocycles. The first-order valence-electron chi connectivity index (χ1n) is 7.53. The molecule has 0 fully saturated rings. The molecule has 0 unspecified atom stereocenters. The summed E-state index contributed by atoms with van der Waals surface area (Å²) in [4.78, 5) is 22.4. The number of carbonyl (C=O) groups excluding carboxylic acids is 1. The topological polar surface area (TPSA) is 110 Å². The lowest BCUT2D eigenvalue weighted by atomic mass is 10.2. The molecule has 8 nitrogen and oxygen atoms in total. The second-order valence-corrected chi connectivity index (χ2v) is 7.32. The molecule has 138 valence electrons. The summed E-state index contributed by atoms with van der Waals surface area (Å²) in [7, 11) is 0. The molecule has 0 spiro atoms. The van der Waals surface area contributed by atoms with Crippen LogP contribution in [0.2, 0.25) is 0 Å². The van der Waals surface area contributed by atoms with Crippen LogP contribution in [0.5, 0.6) is 0 Å². The number of halogens is 1. The Morgan fingerprint density at radius 3 is 2.81 bits per heavy atom. The van der Waals surface area contributed by atoms with Gasteiger partial charge in [-0.15, -0.1) is 10.2 Å². The number of nitrogens with one attached hydrogen (secondary N) is 2. The SMILES string of the molecule is O=C(CSc1nnc(Nc2cccc(F)c2)s1)Nc1ccccc1[N+](=O)[O-]. The van der Waals surface area contributed by atoms with Gasteiger partial charge in [0.1, 0.15) is 11.5 Å². The number of amides is 1. The summed E-state index contributed by atoms with van der Waals surface area (Å²) in [6, 6.07) is 11.8. The molecular formula is C16H12FN5O3S2. The third kappa shape index (κ3) is 5.21. The number of nitrogens with zero attached hydrogens (tertiary/aromatic N) is 3. The zero-order chi connectivity index (χ0) is 19.2. The van der Waals surface area contributed by atoms with E-state index in [0.717, 1.165) is 11.8 Å².